The molecule has 0 bridgehead atoms. The minimum Gasteiger partial charge on any atom is -0.506 e. The van der Waals surface area contributed by atoms with Gasteiger partial charge in [-0.25, -0.2) is 4.79 Å². The number of carbonyl (C=O) groups is 2. The molecule has 0 unspecified atom stereocenters. The van der Waals surface area contributed by atoms with E-state index in [1.807, 2.05) is 16.3 Å². The molecule has 1 fully saturated rings. The summed E-state index contributed by atoms with van der Waals surface area (Å²) in [5, 5.41) is 19.6. The number of pyridine rings is 1. The van der Waals surface area contributed by atoms with Gasteiger partial charge in [0, 0.05) is 37.9 Å². The van der Waals surface area contributed by atoms with E-state index in [9.17, 15) is 14.7 Å². The van der Waals surface area contributed by atoms with Gasteiger partial charge in [0.05, 0.1) is 11.1 Å². The van der Waals surface area contributed by atoms with E-state index in [4.69, 9.17) is 4.74 Å². The van der Waals surface area contributed by atoms with Crippen LogP contribution >= 0.6 is 11.3 Å². The van der Waals surface area contributed by atoms with Crippen molar-refractivity contribution in [3.63, 3.8) is 0 Å². The molecule has 3 aromatic rings. The number of hydrogen-bond donors (Lipinski definition) is 1. The zero-order chi connectivity index (χ0) is 22.5. The highest BCUT2D eigenvalue weighted by molar-refractivity contribution is 7.12. The van der Waals surface area contributed by atoms with Gasteiger partial charge in [-0.15, -0.1) is 21.5 Å². The number of hydrogen-bond acceptors (Lipinski definition) is 9. The number of amides is 1. The zero-order valence-electron chi connectivity index (χ0n) is 17.2. The number of rotatable bonds is 6. The van der Waals surface area contributed by atoms with Crippen LogP contribution in [0.5, 0.6) is 5.75 Å². The molecule has 164 valence electrons. The summed E-state index contributed by atoms with van der Waals surface area (Å²) in [6.07, 6.45) is 4.51. The molecule has 0 saturated carbocycles. The molecular weight excluding hydrogens is 430 g/mol. The molecule has 1 aliphatic rings. The van der Waals surface area contributed by atoms with Gasteiger partial charge in [-0.05, 0) is 35.2 Å². The van der Waals surface area contributed by atoms with E-state index in [0.717, 1.165) is 11.1 Å². The maximum Gasteiger partial charge on any atom is 0.359 e. The lowest BCUT2D eigenvalue weighted by molar-refractivity contribution is 0.0541. The summed E-state index contributed by atoms with van der Waals surface area (Å²) in [5.74, 6) is 0.159. The summed E-state index contributed by atoms with van der Waals surface area (Å²) in [4.78, 5) is 33.2. The van der Waals surface area contributed by atoms with E-state index in [-0.39, 0.29) is 24.0 Å². The number of aromatic nitrogens is 3. The predicted octanol–water partition coefficient (Wildman–Crippen LogP) is 2.61. The van der Waals surface area contributed by atoms with Crippen LogP contribution in [0.4, 0.5) is 5.82 Å². The van der Waals surface area contributed by atoms with Crippen LogP contribution in [0.25, 0.3) is 11.1 Å². The van der Waals surface area contributed by atoms with Crippen LogP contribution < -0.4 is 4.90 Å². The summed E-state index contributed by atoms with van der Waals surface area (Å²) in [6.45, 7) is 5.92. The maximum absolute atomic E-state index is 12.9. The second-order valence-electron chi connectivity index (χ2n) is 7.07. The Morgan fingerprint density at radius 3 is 2.62 bits per heavy atom. The van der Waals surface area contributed by atoms with E-state index in [1.54, 1.807) is 29.3 Å². The summed E-state index contributed by atoms with van der Waals surface area (Å²) in [7, 11) is 0. The van der Waals surface area contributed by atoms with Crippen LogP contribution in [0.2, 0.25) is 0 Å². The SMILES string of the molecule is C=CCOC(=O)c1ccc(N2CCN(C(=O)c3cc(-c4cncc(O)c4)cs3)CC2)nn1. The standard InChI is InChI=1S/C22H21N5O4S/c1-2-9-31-22(30)18-3-4-20(25-24-18)26-5-7-27(8-6-26)21(29)19-11-16(14-32-19)15-10-17(28)13-23-12-15/h2-4,10-14,28H,1,5-9H2. The lowest BCUT2D eigenvalue weighted by Gasteiger charge is -2.35. The normalized spacial score (nSPS) is 13.6. The van der Waals surface area contributed by atoms with Gasteiger partial charge in [0.1, 0.15) is 12.4 Å². The monoisotopic (exact) mass is 451 g/mol. The predicted molar refractivity (Wildman–Crippen MR) is 120 cm³/mol. The summed E-state index contributed by atoms with van der Waals surface area (Å²) < 4.78 is 4.95. The van der Waals surface area contributed by atoms with Crippen molar-refractivity contribution >= 4 is 29.0 Å². The fraction of sp³-hybridized carbons (Fsp3) is 0.227. The topological polar surface area (TPSA) is 109 Å². The van der Waals surface area contributed by atoms with Gasteiger partial charge >= 0.3 is 5.97 Å². The average Bonchev–Trinajstić information content (AvgIpc) is 3.33. The Balaban J connectivity index is 1.35. The van der Waals surface area contributed by atoms with Crippen LogP contribution in [-0.4, -0.2) is 69.9 Å². The lowest BCUT2D eigenvalue weighted by atomic mass is 10.1. The molecule has 0 atom stereocenters. The molecule has 32 heavy (non-hydrogen) atoms. The first-order chi connectivity index (χ1) is 15.5. The fourth-order valence-electron chi connectivity index (χ4n) is 3.29. The second-order valence-corrected chi connectivity index (χ2v) is 7.99. The molecule has 0 spiro atoms. The minimum absolute atomic E-state index is 0.0274. The van der Waals surface area contributed by atoms with Crippen molar-refractivity contribution < 1.29 is 19.4 Å². The molecule has 10 heteroatoms. The highest BCUT2D eigenvalue weighted by Gasteiger charge is 2.24. The summed E-state index contributed by atoms with van der Waals surface area (Å²) in [6, 6.07) is 6.75. The highest BCUT2D eigenvalue weighted by Crippen LogP contribution is 2.28. The van der Waals surface area contributed by atoms with E-state index in [1.165, 1.54) is 23.6 Å². The maximum atomic E-state index is 12.9. The Kier molecular flexibility index (Phi) is 6.41. The third-order valence-corrected chi connectivity index (χ3v) is 5.87. The van der Waals surface area contributed by atoms with Crippen LogP contribution in [0.3, 0.4) is 0 Å². The lowest BCUT2D eigenvalue weighted by Crippen LogP contribution is -2.49. The third-order valence-electron chi connectivity index (χ3n) is 4.95. The van der Waals surface area contributed by atoms with Crippen molar-refractivity contribution in [1.29, 1.82) is 0 Å². The summed E-state index contributed by atoms with van der Waals surface area (Å²) >= 11 is 1.37. The fourth-order valence-corrected chi connectivity index (χ4v) is 4.17. The summed E-state index contributed by atoms with van der Waals surface area (Å²) in [5.41, 5.74) is 1.75. The first-order valence-electron chi connectivity index (χ1n) is 9.94. The second kappa shape index (κ2) is 9.56. The van der Waals surface area contributed by atoms with Gasteiger partial charge in [-0.2, -0.15) is 0 Å². The quantitative estimate of drug-likeness (QED) is 0.450. The number of ether oxygens (including phenoxy) is 1. The molecule has 4 rings (SSSR count). The van der Waals surface area contributed by atoms with Gasteiger partial charge < -0.3 is 19.6 Å². The van der Waals surface area contributed by atoms with Gasteiger partial charge in [0.2, 0.25) is 0 Å². The Morgan fingerprint density at radius 2 is 1.94 bits per heavy atom. The van der Waals surface area contributed by atoms with Gasteiger partial charge in [0.25, 0.3) is 5.91 Å². The smallest absolute Gasteiger partial charge is 0.359 e. The largest absolute Gasteiger partial charge is 0.506 e. The Labute approximate surface area is 188 Å². The zero-order valence-corrected chi connectivity index (χ0v) is 18.0. The molecule has 1 amide bonds. The van der Waals surface area contributed by atoms with Gasteiger partial charge in [0.15, 0.2) is 11.5 Å². The highest BCUT2D eigenvalue weighted by atomic mass is 32.1. The van der Waals surface area contributed by atoms with E-state index in [2.05, 4.69) is 21.8 Å². The molecule has 0 aliphatic carbocycles. The Bertz CT molecular complexity index is 1120. The van der Waals surface area contributed by atoms with Crippen molar-refractivity contribution in [3.05, 3.63) is 65.3 Å². The molecule has 4 heterocycles. The Morgan fingerprint density at radius 1 is 1.12 bits per heavy atom. The van der Waals surface area contributed by atoms with Gasteiger partial charge in [-0.1, -0.05) is 12.7 Å². The molecule has 0 aromatic carbocycles. The van der Waals surface area contributed by atoms with Crippen LogP contribution in [0.15, 0.2) is 54.7 Å². The molecular formula is C22H21N5O4S. The molecule has 9 nitrogen and oxygen atoms in total. The van der Waals surface area contributed by atoms with Gasteiger partial charge in [-0.3, -0.25) is 9.78 Å². The minimum atomic E-state index is -0.545. The molecule has 1 saturated heterocycles. The number of esters is 1. The number of carbonyl (C=O) groups excluding carboxylic acids is 2. The first-order valence-corrected chi connectivity index (χ1v) is 10.8. The van der Waals surface area contributed by atoms with Crippen LogP contribution in [0.1, 0.15) is 20.2 Å². The number of anilines is 1. The van der Waals surface area contributed by atoms with Crippen molar-refractivity contribution in [3.8, 4) is 16.9 Å². The number of thiophene rings is 1. The van der Waals surface area contributed by atoms with E-state index < -0.39 is 5.97 Å². The molecule has 1 aliphatic heterocycles. The van der Waals surface area contributed by atoms with Crippen molar-refractivity contribution in [1.82, 2.24) is 20.1 Å². The average molecular weight is 452 g/mol. The molecule has 1 N–H and O–H groups in total. The van der Waals surface area contributed by atoms with E-state index >= 15 is 0 Å². The van der Waals surface area contributed by atoms with Crippen molar-refractivity contribution in [2.24, 2.45) is 0 Å². The third kappa shape index (κ3) is 4.75. The number of nitrogens with zero attached hydrogens (tertiary/aromatic N) is 5. The van der Waals surface area contributed by atoms with Crippen molar-refractivity contribution in [2.75, 3.05) is 37.7 Å². The number of piperazine rings is 1. The van der Waals surface area contributed by atoms with E-state index in [0.29, 0.717) is 36.9 Å². The van der Waals surface area contributed by atoms with Crippen molar-refractivity contribution in [2.45, 2.75) is 0 Å². The Hall–Kier alpha value is -3.79. The number of aromatic hydroxyl groups is 1. The first kappa shape index (κ1) is 21.4. The van der Waals surface area contributed by atoms with Crippen LogP contribution in [-0.2, 0) is 4.74 Å². The van der Waals surface area contributed by atoms with Crippen LogP contribution in [0, 0.1) is 0 Å². The molecule has 3 aromatic heterocycles. The molecule has 0 radical (unpaired) electrons.